The second-order valence-electron chi connectivity index (χ2n) is 8.91. The van der Waals surface area contributed by atoms with Gasteiger partial charge in [-0.05, 0) is 54.8 Å². The number of amides is 2. The van der Waals surface area contributed by atoms with Gasteiger partial charge in [-0.2, -0.15) is 0 Å². The summed E-state index contributed by atoms with van der Waals surface area (Å²) in [4.78, 5) is 28.7. The molecule has 1 atom stereocenters. The number of nitrogens with one attached hydrogen (secondary N) is 1. The molecule has 3 aromatic carbocycles. The Kier molecular flexibility index (Phi) is 10.2. The highest BCUT2D eigenvalue weighted by Crippen LogP contribution is 2.27. The van der Waals surface area contributed by atoms with Crippen LogP contribution in [-0.4, -0.2) is 50.5 Å². The maximum atomic E-state index is 14.0. The van der Waals surface area contributed by atoms with E-state index in [-0.39, 0.29) is 18.9 Å². The minimum Gasteiger partial charge on any atom is -0.355 e. The highest BCUT2D eigenvalue weighted by molar-refractivity contribution is 7.92. The molecule has 3 aromatic rings. The molecule has 0 heterocycles. The quantitative estimate of drug-likeness (QED) is 0.354. The first-order chi connectivity index (χ1) is 18.0. The molecule has 10 heteroatoms. The van der Waals surface area contributed by atoms with Gasteiger partial charge < -0.3 is 10.2 Å². The number of sulfonamides is 1. The first-order valence-corrected chi connectivity index (χ1v) is 14.7. The fourth-order valence-electron chi connectivity index (χ4n) is 4.15. The van der Waals surface area contributed by atoms with E-state index >= 15 is 0 Å². The fourth-order valence-corrected chi connectivity index (χ4v) is 5.48. The standard InChI is InChI=1S/C28H31Cl2N3O4S/c1-4-31-28(35)26(17-21-10-6-5-7-11-21)32(18-22-12-8-9-13-24(22)30)27(34)19-33(38(3,36)37)25-15-14-23(29)16-20(25)2/h5-16,26H,4,17-19H2,1-3H3,(H,31,35)/t26-/m0/s1. The number of rotatable bonds is 11. The molecule has 0 unspecified atom stereocenters. The number of nitrogens with zero attached hydrogens (tertiary/aromatic N) is 2. The lowest BCUT2D eigenvalue weighted by molar-refractivity contribution is -0.140. The van der Waals surface area contributed by atoms with E-state index in [1.54, 1.807) is 56.3 Å². The lowest BCUT2D eigenvalue weighted by Gasteiger charge is -2.34. The molecule has 0 bridgehead atoms. The van der Waals surface area contributed by atoms with Crippen molar-refractivity contribution in [2.45, 2.75) is 32.9 Å². The van der Waals surface area contributed by atoms with E-state index in [4.69, 9.17) is 23.2 Å². The van der Waals surface area contributed by atoms with Gasteiger partial charge in [-0.1, -0.05) is 71.7 Å². The summed E-state index contributed by atoms with van der Waals surface area (Å²) in [5.74, 6) is -0.887. The number of benzene rings is 3. The van der Waals surface area contributed by atoms with Crippen LogP contribution in [-0.2, 0) is 32.6 Å². The summed E-state index contributed by atoms with van der Waals surface area (Å²) in [6, 6.07) is 20.3. The minimum atomic E-state index is -3.86. The molecule has 0 aromatic heterocycles. The van der Waals surface area contributed by atoms with Crippen molar-refractivity contribution in [1.82, 2.24) is 10.2 Å². The molecule has 38 heavy (non-hydrogen) atoms. The van der Waals surface area contributed by atoms with Gasteiger partial charge >= 0.3 is 0 Å². The van der Waals surface area contributed by atoms with Gasteiger partial charge in [-0.3, -0.25) is 13.9 Å². The Bertz CT molecular complexity index is 1380. The maximum Gasteiger partial charge on any atom is 0.244 e. The van der Waals surface area contributed by atoms with Crippen molar-refractivity contribution in [2.75, 3.05) is 23.7 Å². The minimum absolute atomic E-state index is 0.0182. The molecule has 0 saturated carbocycles. The van der Waals surface area contributed by atoms with E-state index in [1.807, 2.05) is 30.3 Å². The predicted molar refractivity (Wildman–Crippen MR) is 153 cm³/mol. The SMILES string of the molecule is CCNC(=O)[C@H](Cc1ccccc1)N(Cc1ccccc1Cl)C(=O)CN(c1ccc(Cl)cc1C)S(C)(=O)=O. The van der Waals surface area contributed by atoms with Crippen molar-refractivity contribution < 1.29 is 18.0 Å². The van der Waals surface area contributed by atoms with Crippen LogP contribution in [0.15, 0.2) is 72.8 Å². The van der Waals surface area contributed by atoms with Gasteiger partial charge in [0, 0.05) is 29.6 Å². The van der Waals surface area contributed by atoms with Crippen molar-refractivity contribution in [3.05, 3.63) is 99.5 Å². The number of likely N-dealkylation sites (N-methyl/N-ethyl adjacent to an activating group) is 1. The zero-order valence-electron chi connectivity index (χ0n) is 21.5. The Labute approximate surface area is 234 Å². The van der Waals surface area contributed by atoms with Gasteiger partial charge in [0.1, 0.15) is 12.6 Å². The zero-order chi connectivity index (χ0) is 27.9. The number of halogens is 2. The van der Waals surface area contributed by atoms with Crippen molar-refractivity contribution in [3.8, 4) is 0 Å². The van der Waals surface area contributed by atoms with E-state index in [1.165, 1.54) is 4.90 Å². The molecule has 0 fully saturated rings. The Morgan fingerprint density at radius 3 is 2.24 bits per heavy atom. The normalized spacial score (nSPS) is 12.0. The number of carbonyl (C=O) groups excluding carboxylic acids is 2. The Balaban J connectivity index is 2.07. The average molecular weight is 577 g/mol. The highest BCUT2D eigenvalue weighted by atomic mass is 35.5. The number of carbonyl (C=O) groups is 2. The molecule has 202 valence electrons. The van der Waals surface area contributed by atoms with E-state index in [0.717, 1.165) is 16.1 Å². The molecule has 0 aliphatic carbocycles. The van der Waals surface area contributed by atoms with Gasteiger partial charge in [0.25, 0.3) is 0 Å². The molecule has 0 spiro atoms. The van der Waals surface area contributed by atoms with Crippen molar-refractivity contribution in [2.24, 2.45) is 0 Å². The van der Waals surface area contributed by atoms with Crippen LogP contribution in [0.5, 0.6) is 0 Å². The van der Waals surface area contributed by atoms with Crippen LogP contribution >= 0.6 is 23.2 Å². The van der Waals surface area contributed by atoms with Gasteiger partial charge in [0.2, 0.25) is 21.8 Å². The topological polar surface area (TPSA) is 86.8 Å². The summed E-state index contributed by atoms with van der Waals surface area (Å²) in [6.45, 7) is 3.41. The molecule has 0 aliphatic rings. The van der Waals surface area contributed by atoms with Crippen LogP contribution in [0.4, 0.5) is 5.69 Å². The third kappa shape index (κ3) is 7.72. The molecular weight excluding hydrogens is 545 g/mol. The second-order valence-corrected chi connectivity index (χ2v) is 11.7. The van der Waals surface area contributed by atoms with Crippen molar-refractivity contribution in [1.29, 1.82) is 0 Å². The van der Waals surface area contributed by atoms with Crippen LogP contribution in [0.1, 0.15) is 23.6 Å². The molecule has 3 rings (SSSR count). The number of hydrogen-bond donors (Lipinski definition) is 1. The number of anilines is 1. The van der Waals surface area contributed by atoms with Gasteiger partial charge in [-0.15, -0.1) is 0 Å². The summed E-state index contributed by atoms with van der Waals surface area (Å²) in [7, 11) is -3.86. The summed E-state index contributed by atoms with van der Waals surface area (Å²) >= 11 is 12.5. The first-order valence-electron chi connectivity index (χ1n) is 12.1. The number of hydrogen-bond acceptors (Lipinski definition) is 4. The zero-order valence-corrected chi connectivity index (χ0v) is 23.9. The van der Waals surface area contributed by atoms with Crippen molar-refractivity contribution in [3.63, 3.8) is 0 Å². The van der Waals surface area contributed by atoms with Crippen LogP contribution in [0.3, 0.4) is 0 Å². The first kappa shape index (κ1) is 29.5. The Morgan fingerprint density at radius 2 is 1.63 bits per heavy atom. The number of aryl methyl sites for hydroxylation is 1. The third-order valence-corrected chi connectivity index (χ3v) is 7.76. The third-order valence-electron chi connectivity index (χ3n) is 6.03. The van der Waals surface area contributed by atoms with Crippen molar-refractivity contribution >= 4 is 50.7 Å². The summed E-state index contributed by atoms with van der Waals surface area (Å²) in [5.41, 5.74) is 2.42. The summed E-state index contributed by atoms with van der Waals surface area (Å²) in [6.07, 6.45) is 1.28. The Morgan fingerprint density at radius 1 is 0.974 bits per heavy atom. The smallest absolute Gasteiger partial charge is 0.244 e. The molecule has 1 N–H and O–H groups in total. The second kappa shape index (κ2) is 13.1. The van der Waals surface area contributed by atoms with Crippen LogP contribution in [0.2, 0.25) is 10.0 Å². The van der Waals surface area contributed by atoms with E-state index in [0.29, 0.717) is 33.4 Å². The molecule has 0 radical (unpaired) electrons. The predicted octanol–water partition coefficient (Wildman–Crippen LogP) is 4.84. The fraction of sp³-hybridized carbons (Fsp3) is 0.286. The van der Waals surface area contributed by atoms with E-state index in [9.17, 15) is 18.0 Å². The van der Waals surface area contributed by atoms with E-state index < -0.39 is 28.5 Å². The van der Waals surface area contributed by atoms with Crippen LogP contribution in [0.25, 0.3) is 0 Å². The lowest BCUT2D eigenvalue weighted by Crippen LogP contribution is -2.53. The molecule has 7 nitrogen and oxygen atoms in total. The van der Waals surface area contributed by atoms with E-state index in [2.05, 4.69) is 5.32 Å². The monoisotopic (exact) mass is 575 g/mol. The maximum absolute atomic E-state index is 14.0. The average Bonchev–Trinajstić information content (AvgIpc) is 2.86. The van der Waals surface area contributed by atoms with Gasteiger partial charge in [0.15, 0.2) is 0 Å². The molecule has 0 aliphatic heterocycles. The lowest BCUT2D eigenvalue weighted by atomic mass is 10.0. The van der Waals surface area contributed by atoms with Crippen LogP contribution in [0, 0.1) is 6.92 Å². The summed E-state index contributed by atoms with van der Waals surface area (Å²) in [5, 5.41) is 3.71. The van der Waals surface area contributed by atoms with Crippen LogP contribution < -0.4 is 9.62 Å². The van der Waals surface area contributed by atoms with Gasteiger partial charge in [-0.25, -0.2) is 8.42 Å². The molecular formula is C28H31Cl2N3O4S. The molecule has 0 saturated heterocycles. The molecule has 2 amide bonds. The highest BCUT2D eigenvalue weighted by Gasteiger charge is 2.33. The summed E-state index contributed by atoms with van der Waals surface area (Å²) < 4.78 is 26.8. The largest absolute Gasteiger partial charge is 0.355 e. The van der Waals surface area contributed by atoms with Gasteiger partial charge in [0.05, 0.1) is 11.9 Å². The Hall–Kier alpha value is -3.07.